The first-order valence-corrected chi connectivity index (χ1v) is 14.0. The van der Waals surface area contributed by atoms with Crippen molar-refractivity contribution in [2.45, 2.75) is 63.7 Å². The van der Waals surface area contributed by atoms with E-state index in [1.54, 1.807) is 6.07 Å². The van der Waals surface area contributed by atoms with Gasteiger partial charge in [0.2, 0.25) is 15.6 Å². The number of carbonyl (C=O) groups is 1. The lowest BCUT2D eigenvalue weighted by Gasteiger charge is -2.21. The number of pyridine rings is 1. The normalized spacial score (nSPS) is 15.5. The number of amides is 1. The molecule has 1 saturated heterocycles. The van der Waals surface area contributed by atoms with Crippen LogP contribution in [0.4, 0.5) is 0 Å². The molecular formula is C25H38N4O4S. The fourth-order valence-corrected chi connectivity index (χ4v) is 6.12. The summed E-state index contributed by atoms with van der Waals surface area (Å²) in [6, 6.07) is 5.85. The first-order valence-electron chi connectivity index (χ1n) is 12.5. The van der Waals surface area contributed by atoms with Crippen molar-refractivity contribution in [3.63, 3.8) is 0 Å². The van der Waals surface area contributed by atoms with Crippen LogP contribution in [0, 0.1) is 0 Å². The molecule has 0 unspecified atom stereocenters. The van der Waals surface area contributed by atoms with E-state index in [0.29, 0.717) is 30.5 Å². The largest absolute Gasteiger partial charge is 0.352 e. The Morgan fingerprint density at radius 2 is 1.71 bits per heavy atom. The summed E-state index contributed by atoms with van der Waals surface area (Å²) in [5, 5.41) is 3.35. The van der Waals surface area contributed by atoms with Gasteiger partial charge >= 0.3 is 0 Å². The maximum atomic E-state index is 13.3. The van der Waals surface area contributed by atoms with Crippen LogP contribution in [-0.2, 0) is 10.0 Å². The lowest BCUT2D eigenvalue weighted by molar-refractivity contribution is 0.0953. The van der Waals surface area contributed by atoms with Crippen LogP contribution in [0.1, 0.15) is 69.2 Å². The molecule has 34 heavy (non-hydrogen) atoms. The number of rotatable bonds is 11. The van der Waals surface area contributed by atoms with Crippen molar-refractivity contribution in [2.75, 3.05) is 39.3 Å². The van der Waals surface area contributed by atoms with Crippen molar-refractivity contribution >= 4 is 26.8 Å². The van der Waals surface area contributed by atoms with Crippen LogP contribution in [0.2, 0.25) is 0 Å². The fourth-order valence-electron chi connectivity index (χ4n) is 4.58. The van der Waals surface area contributed by atoms with Crippen molar-refractivity contribution < 1.29 is 13.2 Å². The lowest BCUT2D eigenvalue weighted by Crippen LogP contribution is -2.32. The van der Waals surface area contributed by atoms with E-state index in [1.165, 1.54) is 22.5 Å². The third kappa shape index (κ3) is 6.67. The van der Waals surface area contributed by atoms with Gasteiger partial charge in [-0.25, -0.2) is 8.42 Å². The zero-order chi connectivity index (χ0) is 24.6. The first kappa shape index (κ1) is 26.4. The molecule has 1 aromatic heterocycles. The SMILES string of the molecule is CCCN(CCC)CCCNC(=O)c1cc(=O)[nH]c2ccc(S(=O)(=O)N3CCCCCC3)cc12. The summed E-state index contributed by atoms with van der Waals surface area (Å²) in [6.07, 6.45) is 6.75. The van der Waals surface area contributed by atoms with Crippen molar-refractivity contribution in [1.29, 1.82) is 0 Å². The van der Waals surface area contributed by atoms with Gasteiger partial charge in [0.05, 0.1) is 10.5 Å². The van der Waals surface area contributed by atoms with Gasteiger partial charge in [-0.3, -0.25) is 9.59 Å². The Bertz CT molecular complexity index is 1120. The van der Waals surface area contributed by atoms with E-state index in [1.807, 2.05) is 0 Å². The van der Waals surface area contributed by atoms with Crippen LogP contribution in [0.15, 0.2) is 34.0 Å². The number of nitrogens with one attached hydrogen (secondary N) is 2. The number of nitrogens with zero attached hydrogens (tertiary/aromatic N) is 2. The molecule has 1 fully saturated rings. The monoisotopic (exact) mass is 490 g/mol. The number of aromatic amines is 1. The average molecular weight is 491 g/mol. The minimum absolute atomic E-state index is 0.151. The molecule has 1 aromatic carbocycles. The van der Waals surface area contributed by atoms with Gasteiger partial charge in [0.15, 0.2) is 0 Å². The molecule has 2 heterocycles. The minimum atomic E-state index is -3.67. The first-order chi connectivity index (χ1) is 16.4. The van der Waals surface area contributed by atoms with Gasteiger partial charge in [-0.2, -0.15) is 4.31 Å². The van der Waals surface area contributed by atoms with Crippen molar-refractivity contribution in [2.24, 2.45) is 0 Å². The maximum Gasteiger partial charge on any atom is 0.252 e. The van der Waals surface area contributed by atoms with Crippen molar-refractivity contribution in [3.8, 4) is 0 Å². The van der Waals surface area contributed by atoms with E-state index in [4.69, 9.17) is 0 Å². The van der Waals surface area contributed by atoms with Crippen LogP contribution in [0.5, 0.6) is 0 Å². The highest BCUT2D eigenvalue weighted by Crippen LogP contribution is 2.24. The van der Waals surface area contributed by atoms with E-state index >= 15 is 0 Å². The molecule has 1 amide bonds. The maximum absolute atomic E-state index is 13.3. The molecule has 188 valence electrons. The molecular weight excluding hydrogens is 452 g/mol. The number of carbonyl (C=O) groups excluding carboxylic acids is 1. The van der Waals surface area contributed by atoms with Gasteiger partial charge in [0.25, 0.3) is 5.91 Å². The van der Waals surface area contributed by atoms with E-state index < -0.39 is 15.6 Å². The number of aromatic nitrogens is 1. The molecule has 0 radical (unpaired) electrons. The average Bonchev–Trinajstić information content (AvgIpc) is 3.11. The second kappa shape index (κ2) is 12.5. The summed E-state index contributed by atoms with van der Waals surface area (Å²) in [5.74, 6) is -0.363. The number of hydrogen-bond donors (Lipinski definition) is 2. The third-order valence-electron chi connectivity index (χ3n) is 6.28. The highest BCUT2D eigenvalue weighted by atomic mass is 32.2. The zero-order valence-corrected chi connectivity index (χ0v) is 21.3. The molecule has 9 heteroatoms. The molecule has 2 aromatic rings. The van der Waals surface area contributed by atoms with Gasteiger partial charge < -0.3 is 15.2 Å². The molecule has 8 nitrogen and oxygen atoms in total. The van der Waals surface area contributed by atoms with Gasteiger partial charge in [-0.05, 0) is 69.9 Å². The summed E-state index contributed by atoms with van der Waals surface area (Å²) >= 11 is 0. The van der Waals surface area contributed by atoms with E-state index in [2.05, 4.69) is 29.0 Å². The van der Waals surface area contributed by atoms with Crippen LogP contribution in [0.25, 0.3) is 10.9 Å². The number of sulfonamides is 1. The van der Waals surface area contributed by atoms with Gasteiger partial charge in [-0.1, -0.05) is 26.7 Å². The molecule has 0 saturated carbocycles. The lowest BCUT2D eigenvalue weighted by atomic mass is 10.1. The number of hydrogen-bond acceptors (Lipinski definition) is 5. The second-order valence-corrected chi connectivity index (χ2v) is 11.0. The molecule has 0 bridgehead atoms. The van der Waals surface area contributed by atoms with Gasteiger partial charge in [-0.15, -0.1) is 0 Å². The molecule has 0 atom stereocenters. The van der Waals surface area contributed by atoms with Gasteiger partial charge in [0.1, 0.15) is 0 Å². The van der Waals surface area contributed by atoms with Crippen LogP contribution in [-0.4, -0.2) is 67.8 Å². The van der Waals surface area contributed by atoms with E-state index in [0.717, 1.165) is 64.6 Å². The summed E-state index contributed by atoms with van der Waals surface area (Å²) in [6.45, 7) is 8.79. The Labute approximate surface area is 202 Å². The number of fused-ring (bicyclic) bond motifs is 1. The predicted molar refractivity (Wildman–Crippen MR) is 136 cm³/mol. The van der Waals surface area contributed by atoms with E-state index in [9.17, 15) is 18.0 Å². The van der Waals surface area contributed by atoms with Crippen LogP contribution in [0.3, 0.4) is 0 Å². The fraction of sp³-hybridized carbons (Fsp3) is 0.600. The van der Waals surface area contributed by atoms with Crippen LogP contribution < -0.4 is 10.9 Å². The molecule has 2 N–H and O–H groups in total. The summed E-state index contributed by atoms with van der Waals surface area (Å²) in [5.41, 5.74) is 0.257. The summed E-state index contributed by atoms with van der Waals surface area (Å²) < 4.78 is 28.1. The van der Waals surface area contributed by atoms with Gasteiger partial charge in [0, 0.05) is 36.6 Å². The Morgan fingerprint density at radius 3 is 2.35 bits per heavy atom. The Morgan fingerprint density at radius 1 is 1.03 bits per heavy atom. The van der Waals surface area contributed by atoms with E-state index in [-0.39, 0.29) is 16.4 Å². The Balaban J connectivity index is 1.79. The second-order valence-electron chi connectivity index (χ2n) is 9.02. The minimum Gasteiger partial charge on any atom is -0.352 e. The third-order valence-corrected chi connectivity index (χ3v) is 8.17. The smallest absolute Gasteiger partial charge is 0.252 e. The Kier molecular flexibility index (Phi) is 9.67. The number of benzene rings is 1. The van der Waals surface area contributed by atoms with Crippen molar-refractivity contribution in [1.82, 2.24) is 19.5 Å². The summed E-state index contributed by atoms with van der Waals surface area (Å²) in [4.78, 5) is 30.4. The van der Waals surface area contributed by atoms with Crippen molar-refractivity contribution in [3.05, 3.63) is 40.2 Å². The molecule has 0 aliphatic carbocycles. The summed E-state index contributed by atoms with van der Waals surface area (Å²) in [7, 11) is -3.67. The highest BCUT2D eigenvalue weighted by molar-refractivity contribution is 7.89. The Hall–Kier alpha value is -2.23. The number of H-pyrrole nitrogens is 1. The predicted octanol–water partition coefficient (Wildman–Crippen LogP) is 3.33. The molecule has 1 aliphatic rings. The molecule has 1 aliphatic heterocycles. The molecule has 3 rings (SSSR count). The highest BCUT2D eigenvalue weighted by Gasteiger charge is 2.26. The standard InChI is InChI=1S/C25H38N4O4S/c1-3-13-28(14-4-2)15-9-12-26-25(31)22-19-24(30)27-23-11-10-20(18-21(22)23)34(32,33)29-16-7-5-6-8-17-29/h10-11,18-19H,3-9,12-17H2,1-2H3,(H,26,31)(H,27,30). The quantitative estimate of drug-likeness (QED) is 0.471. The zero-order valence-electron chi connectivity index (χ0n) is 20.4. The topological polar surface area (TPSA) is 103 Å². The molecule has 0 spiro atoms. The van der Waals surface area contributed by atoms with Crippen LogP contribution >= 0.6 is 0 Å².